The molecule has 0 aliphatic carbocycles. The van der Waals surface area contributed by atoms with Gasteiger partial charge in [-0.1, -0.05) is 67.5 Å². The molecule has 0 heterocycles. The molecule has 0 saturated carbocycles. The van der Waals surface area contributed by atoms with Gasteiger partial charge < -0.3 is 92.6 Å². The highest BCUT2D eigenvalue weighted by Crippen LogP contribution is 2.34. The second-order valence-corrected chi connectivity index (χ2v) is 25.4. The van der Waals surface area contributed by atoms with Crippen LogP contribution in [-0.2, 0) is 51.1 Å². The van der Waals surface area contributed by atoms with Gasteiger partial charge in [0, 0.05) is 77.3 Å². The van der Waals surface area contributed by atoms with Gasteiger partial charge in [0.1, 0.15) is 0 Å². The van der Waals surface area contributed by atoms with E-state index in [0.717, 1.165) is 36.8 Å². The molecule has 0 aliphatic rings. The summed E-state index contributed by atoms with van der Waals surface area (Å²) >= 11 is 0. The minimum atomic E-state index is -2.27. The van der Waals surface area contributed by atoms with Gasteiger partial charge >= 0.3 is 11.9 Å². The van der Waals surface area contributed by atoms with Crippen molar-refractivity contribution in [2.45, 2.75) is 171 Å². The van der Waals surface area contributed by atoms with Crippen molar-refractivity contribution in [3.05, 3.63) is 47.5 Å². The number of amides is 4. The molecule has 0 fully saturated rings. The van der Waals surface area contributed by atoms with E-state index in [-0.39, 0.29) is 61.4 Å². The number of ether oxygens (including phenoxy) is 6. The predicted octanol–water partition coefficient (Wildman–Crippen LogP) is 4.46. The lowest BCUT2D eigenvalue weighted by molar-refractivity contribution is -0.165. The molecular formula is C64H112N6O18. The number of methoxy groups -OCH3 is 4. The number of nitrogens with two attached hydrogens (primary N) is 4. The molecule has 24 nitrogen and oxygen atoms in total. The van der Waals surface area contributed by atoms with Crippen LogP contribution in [0.25, 0.3) is 0 Å². The molecule has 2 aromatic carbocycles. The van der Waals surface area contributed by atoms with Crippen molar-refractivity contribution in [1.29, 1.82) is 0 Å². The number of hydrogen-bond donors (Lipinski definition) is 12. The van der Waals surface area contributed by atoms with E-state index in [9.17, 15) is 39.0 Å². The summed E-state index contributed by atoms with van der Waals surface area (Å²) in [5, 5.41) is 60.3. The standard InChI is InChI=1S/2C30H53N3O6.C4H6O6/c2*1-19(2)22(14-21-10-11-26(38-8)27(15-21)39-13-9-12-37-7)16-24(31)25(34)17-23(20(3)4)28(35)33-18-30(5,6)29(32)36;5-1(3(7)8)2(6)4(9)10/h2*10-11,15,19-20,22-25,34H,9,12-14,16-18,31H2,1-8H3,(H2,32,36)(H,33,35);1-2,5-6H,(H,7,8)(H,9,10)/t2*22-,23-,24-,25-;/m00./s1. The summed E-state index contributed by atoms with van der Waals surface area (Å²) < 4.78 is 33.0. The van der Waals surface area contributed by atoms with Crippen LogP contribution in [0, 0.1) is 58.2 Å². The zero-order valence-electron chi connectivity index (χ0n) is 55.3. The summed E-state index contributed by atoms with van der Waals surface area (Å²) in [5.74, 6) is -1.95. The summed E-state index contributed by atoms with van der Waals surface area (Å²) in [5.41, 5.74) is 24.4. The van der Waals surface area contributed by atoms with Crippen molar-refractivity contribution >= 4 is 35.6 Å². The Morgan fingerprint density at radius 2 is 0.807 bits per heavy atom. The number of aliphatic hydroxyl groups excluding tert-OH is 4. The van der Waals surface area contributed by atoms with Gasteiger partial charge in [0.25, 0.3) is 0 Å². The van der Waals surface area contributed by atoms with Gasteiger partial charge in [-0.05, 0) is 137 Å². The maximum atomic E-state index is 12.9. The number of rotatable bonds is 41. The molecule has 2 unspecified atom stereocenters. The molecule has 0 bridgehead atoms. The van der Waals surface area contributed by atoms with Crippen LogP contribution in [0.1, 0.15) is 133 Å². The molecule has 506 valence electrons. The first-order valence-corrected chi connectivity index (χ1v) is 30.3. The second kappa shape index (κ2) is 41.4. The number of carboxylic acid groups (broad SMARTS) is 2. The molecule has 24 heteroatoms. The van der Waals surface area contributed by atoms with Gasteiger partial charge in [-0.25, -0.2) is 9.59 Å². The van der Waals surface area contributed by atoms with Crippen LogP contribution in [0.4, 0.5) is 0 Å². The Morgan fingerprint density at radius 3 is 1.06 bits per heavy atom. The minimum absolute atomic E-state index is 0.00829. The van der Waals surface area contributed by atoms with Crippen molar-refractivity contribution in [3.8, 4) is 23.0 Å². The normalized spacial score (nSPS) is 15.2. The fourth-order valence-electron chi connectivity index (χ4n) is 9.05. The summed E-state index contributed by atoms with van der Waals surface area (Å²) in [6.07, 6.45) is -1.41. The molecule has 88 heavy (non-hydrogen) atoms. The average molecular weight is 1250 g/mol. The van der Waals surface area contributed by atoms with Crippen LogP contribution in [0.2, 0.25) is 0 Å². The molecule has 2 aromatic rings. The maximum absolute atomic E-state index is 12.9. The number of carbonyl (C=O) groups excluding carboxylic acids is 4. The Kier molecular flexibility index (Phi) is 38.7. The number of benzene rings is 2. The van der Waals surface area contributed by atoms with Crippen molar-refractivity contribution in [2.75, 3.05) is 68.0 Å². The van der Waals surface area contributed by atoms with E-state index in [1.807, 2.05) is 64.1 Å². The fourth-order valence-corrected chi connectivity index (χ4v) is 9.05. The van der Waals surface area contributed by atoms with E-state index in [1.165, 1.54) is 0 Å². The Morgan fingerprint density at radius 1 is 0.489 bits per heavy atom. The lowest BCUT2D eigenvalue weighted by Gasteiger charge is -2.30. The summed E-state index contributed by atoms with van der Waals surface area (Å²) in [6, 6.07) is 10.9. The first-order valence-electron chi connectivity index (χ1n) is 30.3. The quantitative estimate of drug-likeness (QED) is 0.0409. The highest BCUT2D eigenvalue weighted by atomic mass is 16.5. The van der Waals surface area contributed by atoms with Crippen LogP contribution in [-0.4, -0.2) is 171 Å². The highest BCUT2D eigenvalue weighted by Gasteiger charge is 2.35. The lowest BCUT2D eigenvalue weighted by atomic mass is 9.80. The molecule has 16 N–H and O–H groups in total. The largest absolute Gasteiger partial charge is 0.493 e. The van der Waals surface area contributed by atoms with E-state index in [4.69, 9.17) is 71.8 Å². The Bertz CT molecular complexity index is 2230. The zero-order chi connectivity index (χ0) is 67.8. The van der Waals surface area contributed by atoms with Crippen LogP contribution < -0.4 is 52.5 Å². The van der Waals surface area contributed by atoms with E-state index < -0.39 is 82.9 Å². The molecule has 10 atom stereocenters. The monoisotopic (exact) mass is 1250 g/mol. The molecule has 0 radical (unpaired) electrons. The smallest absolute Gasteiger partial charge is 0.335 e. The van der Waals surface area contributed by atoms with Gasteiger partial charge in [0.2, 0.25) is 23.6 Å². The molecule has 0 aromatic heterocycles. The Balaban J connectivity index is 0.00000149. The first-order chi connectivity index (χ1) is 40.9. The van der Waals surface area contributed by atoms with Gasteiger partial charge in [-0.15, -0.1) is 0 Å². The Hall–Kier alpha value is -5.86. The van der Waals surface area contributed by atoms with Crippen molar-refractivity contribution in [1.82, 2.24) is 10.6 Å². The maximum Gasteiger partial charge on any atom is 0.335 e. The molecule has 0 spiro atoms. The molecule has 4 amide bonds. The van der Waals surface area contributed by atoms with E-state index in [1.54, 1.807) is 56.1 Å². The SMILES string of the molecule is COCCCOc1cc(C[C@@H](C[C@H](N)[C@@H](O)C[C@H](C(=O)NCC(C)(C)C(N)=O)C(C)C)C(C)C)ccc1OC.COCCCOc1cc(C[C@@H](C[C@H](N)[C@@H](O)C[C@H](C(=O)NCC(C)(C)C(N)=O)C(C)C)C(C)C)ccc1OC.O=C(O)C(O)C(O)C(=O)O. The van der Waals surface area contributed by atoms with Crippen LogP contribution >= 0.6 is 0 Å². The summed E-state index contributed by atoms with van der Waals surface area (Å²) in [4.78, 5) is 68.6. The number of nitrogens with one attached hydrogen (secondary N) is 2. The number of aliphatic hydroxyl groups is 4. The van der Waals surface area contributed by atoms with Crippen LogP contribution in [0.15, 0.2) is 36.4 Å². The van der Waals surface area contributed by atoms with Gasteiger partial charge in [-0.2, -0.15) is 0 Å². The summed E-state index contributed by atoms with van der Waals surface area (Å²) in [6.45, 7) is 25.7. The second-order valence-electron chi connectivity index (χ2n) is 25.4. The van der Waals surface area contributed by atoms with Crippen molar-refractivity contribution < 1.29 is 87.8 Å². The number of carbonyl (C=O) groups is 6. The zero-order valence-corrected chi connectivity index (χ0v) is 55.3. The van der Waals surface area contributed by atoms with Gasteiger partial charge in [0.15, 0.2) is 35.2 Å². The van der Waals surface area contributed by atoms with E-state index in [2.05, 4.69) is 38.3 Å². The highest BCUT2D eigenvalue weighted by molar-refractivity contribution is 5.84. The number of hydrogen-bond acceptors (Lipinski definition) is 18. The van der Waals surface area contributed by atoms with E-state index in [0.29, 0.717) is 74.1 Å². The molecular weight excluding hydrogens is 1140 g/mol. The van der Waals surface area contributed by atoms with E-state index >= 15 is 0 Å². The summed E-state index contributed by atoms with van der Waals surface area (Å²) in [7, 11) is 6.58. The van der Waals surface area contributed by atoms with Gasteiger partial charge in [-0.3, -0.25) is 19.2 Å². The third-order valence-corrected chi connectivity index (χ3v) is 15.8. The minimum Gasteiger partial charge on any atom is -0.493 e. The lowest BCUT2D eigenvalue weighted by Crippen LogP contribution is -2.46. The van der Waals surface area contributed by atoms with Crippen LogP contribution in [0.5, 0.6) is 23.0 Å². The van der Waals surface area contributed by atoms with Crippen LogP contribution in [0.3, 0.4) is 0 Å². The predicted molar refractivity (Wildman–Crippen MR) is 336 cm³/mol. The fraction of sp³-hybridized carbons (Fsp3) is 0.719. The molecule has 0 saturated heterocycles. The number of carboxylic acids is 2. The first kappa shape index (κ1) is 82.1. The number of primary amides is 2. The van der Waals surface area contributed by atoms with Crippen molar-refractivity contribution in [2.24, 2.45) is 81.1 Å². The molecule has 2 rings (SSSR count). The third kappa shape index (κ3) is 30.6. The topological polar surface area (TPSA) is 407 Å². The van der Waals surface area contributed by atoms with Crippen molar-refractivity contribution in [3.63, 3.8) is 0 Å². The van der Waals surface area contributed by atoms with Gasteiger partial charge in [0.05, 0.1) is 50.5 Å². The molecule has 0 aliphatic heterocycles. The third-order valence-electron chi connectivity index (χ3n) is 15.8. The number of aliphatic carboxylic acids is 2. The Labute approximate surface area is 522 Å². The average Bonchev–Trinajstić information content (AvgIpc) is 3.65.